The molecule has 2 aromatic carbocycles. The zero-order valence-corrected chi connectivity index (χ0v) is 13.2. The predicted molar refractivity (Wildman–Crippen MR) is 85.7 cm³/mol. The van der Waals surface area contributed by atoms with Crippen LogP contribution in [0, 0.1) is 6.92 Å². The number of methoxy groups -OCH3 is 2. The van der Waals surface area contributed by atoms with Gasteiger partial charge in [0.25, 0.3) is 0 Å². The van der Waals surface area contributed by atoms with E-state index in [4.69, 9.17) is 9.47 Å². The number of phenols is 1. The van der Waals surface area contributed by atoms with Gasteiger partial charge < -0.3 is 19.7 Å². The molecule has 0 aliphatic heterocycles. The molecule has 0 heterocycles. The maximum Gasteiger partial charge on any atom is 0.125 e. The lowest BCUT2D eigenvalue weighted by Crippen LogP contribution is -2.02. The number of hydrogen-bond acceptors (Lipinski definition) is 4. The standard InChI is InChI=1S/C18H22O4/c1-12-4-8-16(19)15(10-12)17(20)9-6-13-5-7-14(21-2)11-18(13)22-3/h4-5,7-8,10-11,17,19-20H,6,9H2,1-3H3. The van der Waals surface area contributed by atoms with Gasteiger partial charge >= 0.3 is 0 Å². The third-order valence-electron chi connectivity index (χ3n) is 3.72. The highest BCUT2D eigenvalue weighted by Crippen LogP contribution is 2.31. The van der Waals surface area contributed by atoms with Gasteiger partial charge in [-0.2, -0.15) is 0 Å². The van der Waals surface area contributed by atoms with Crippen molar-refractivity contribution >= 4 is 0 Å². The minimum atomic E-state index is -0.716. The molecule has 2 N–H and O–H groups in total. The van der Waals surface area contributed by atoms with Gasteiger partial charge in [0, 0.05) is 11.6 Å². The number of benzene rings is 2. The molecule has 118 valence electrons. The van der Waals surface area contributed by atoms with Crippen molar-refractivity contribution in [2.75, 3.05) is 14.2 Å². The summed E-state index contributed by atoms with van der Waals surface area (Å²) in [6.07, 6.45) is 0.424. The number of aliphatic hydroxyl groups is 1. The molecule has 0 saturated carbocycles. The lowest BCUT2D eigenvalue weighted by molar-refractivity contribution is 0.164. The first kappa shape index (κ1) is 16.2. The predicted octanol–water partition coefficient (Wildman–Crippen LogP) is 3.38. The lowest BCUT2D eigenvalue weighted by atomic mass is 9.98. The third kappa shape index (κ3) is 3.71. The molecular formula is C18H22O4. The van der Waals surface area contributed by atoms with Crippen molar-refractivity contribution < 1.29 is 19.7 Å². The van der Waals surface area contributed by atoms with Crippen LogP contribution in [0.15, 0.2) is 36.4 Å². The molecule has 0 aromatic heterocycles. The molecule has 2 rings (SSSR count). The van der Waals surface area contributed by atoms with Crippen molar-refractivity contribution in [2.24, 2.45) is 0 Å². The maximum atomic E-state index is 10.3. The summed E-state index contributed by atoms with van der Waals surface area (Å²) < 4.78 is 10.5. The molecule has 0 fully saturated rings. The van der Waals surface area contributed by atoms with Crippen LogP contribution >= 0.6 is 0 Å². The second kappa shape index (κ2) is 7.18. The van der Waals surface area contributed by atoms with E-state index < -0.39 is 6.10 Å². The van der Waals surface area contributed by atoms with Gasteiger partial charge in [-0.3, -0.25) is 0 Å². The van der Waals surface area contributed by atoms with Crippen molar-refractivity contribution in [1.82, 2.24) is 0 Å². The van der Waals surface area contributed by atoms with E-state index in [-0.39, 0.29) is 5.75 Å². The Hall–Kier alpha value is -2.20. The Kier molecular flexibility index (Phi) is 5.28. The van der Waals surface area contributed by atoms with Crippen LogP contribution < -0.4 is 9.47 Å². The lowest BCUT2D eigenvalue weighted by Gasteiger charge is -2.15. The third-order valence-corrected chi connectivity index (χ3v) is 3.72. The van der Waals surface area contributed by atoms with E-state index >= 15 is 0 Å². The number of aliphatic hydroxyl groups excluding tert-OH is 1. The van der Waals surface area contributed by atoms with E-state index in [2.05, 4.69) is 0 Å². The number of ether oxygens (including phenoxy) is 2. The van der Waals surface area contributed by atoms with Crippen molar-refractivity contribution in [3.63, 3.8) is 0 Å². The summed E-state index contributed by atoms with van der Waals surface area (Å²) in [4.78, 5) is 0. The van der Waals surface area contributed by atoms with E-state index in [1.54, 1.807) is 20.3 Å². The molecular weight excluding hydrogens is 280 g/mol. The molecule has 1 atom stereocenters. The van der Waals surface area contributed by atoms with Gasteiger partial charge in [-0.05, 0) is 43.5 Å². The topological polar surface area (TPSA) is 58.9 Å². The molecule has 4 nitrogen and oxygen atoms in total. The first-order chi connectivity index (χ1) is 10.5. The summed E-state index contributed by atoms with van der Waals surface area (Å²) in [5.74, 6) is 1.59. The number of aryl methyl sites for hydroxylation is 2. The normalized spacial score (nSPS) is 12.0. The van der Waals surface area contributed by atoms with Crippen LogP contribution in [0.3, 0.4) is 0 Å². The Balaban J connectivity index is 2.10. The zero-order valence-electron chi connectivity index (χ0n) is 13.2. The maximum absolute atomic E-state index is 10.3. The summed E-state index contributed by atoms with van der Waals surface area (Å²) in [7, 11) is 3.22. The quantitative estimate of drug-likeness (QED) is 0.859. The minimum absolute atomic E-state index is 0.125. The molecule has 0 spiro atoms. The summed E-state index contributed by atoms with van der Waals surface area (Å²) in [5.41, 5.74) is 2.57. The monoisotopic (exact) mass is 302 g/mol. The number of rotatable bonds is 6. The van der Waals surface area contributed by atoms with Crippen LogP contribution in [0.4, 0.5) is 0 Å². The largest absolute Gasteiger partial charge is 0.508 e. The van der Waals surface area contributed by atoms with Gasteiger partial charge in [-0.15, -0.1) is 0 Å². The Bertz CT molecular complexity index is 637. The first-order valence-corrected chi connectivity index (χ1v) is 7.23. The Morgan fingerprint density at radius 1 is 1.05 bits per heavy atom. The number of phenolic OH excluding ortho intramolecular Hbond substituents is 1. The summed E-state index contributed by atoms with van der Waals surface area (Å²) in [6, 6.07) is 10.9. The van der Waals surface area contributed by atoms with E-state index in [1.165, 1.54) is 0 Å². The molecule has 1 unspecified atom stereocenters. The van der Waals surface area contributed by atoms with Gasteiger partial charge in [-0.1, -0.05) is 17.7 Å². The molecule has 0 radical (unpaired) electrons. The van der Waals surface area contributed by atoms with Gasteiger partial charge in [0.15, 0.2) is 0 Å². The van der Waals surface area contributed by atoms with Gasteiger partial charge in [0.1, 0.15) is 17.2 Å². The Morgan fingerprint density at radius 3 is 2.50 bits per heavy atom. The summed E-state index contributed by atoms with van der Waals surface area (Å²) in [6.45, 7) is 1.93. The van der Waals surface area contributed by atoms with Crippen LogP contribution in [0.25, 0.3) is 0 Å². The highest BCUT2D eigenvalue weighted by atomic mass is 16.5. The molecule has 0 bridgehead atoms. The minimum Gasteiger partial charge on any atom is -0.508 e. The van der Waals surface area contributed by atoms with Crippen LogP contribution in [0.2, 0.25) is 0 Å². The fraction of sp³-hybridized carbons (Fsp3) is 0.333. The van der Waals surface area contributed by atoms with Gasteiger partial charge in [0.05, 0.1) is 20.3 Å². The van der Waals surface area contributed by atoms with Crippen molar-refractivity contribution in [2.45, 2.75) is 25.9 Å². The number of hydrogen-bond donors (Lipinski definition) is 2. The van der Waals surface area contributed by atoms with Crippen LogP contribution in [-0.4, -0.2) is 24.4 Å². The molecule has 2 aromatic rings. The first-order valence-electron chi connectivity index (χ1n) is 7.23. The average Bonchev–Trinajstić information content (AvgIpc) is 2.54. The molecule has 4 heteroatoms. The van der Waals surface area contributed by atoms with Crippen LogP contribution in [0.1, 0.15) is 29.2 Å². The Labute approximate surface area is 130 Å². The summed E-state index contributed by atoms with van der Waals surface area (Å²) >= 11 is 0. The number of aromatic hydroxyl groups is 1. The van der Waals surface area contributed by atoms with Crippen molar-refractivity contribution in [3.8, 4) is 17.2 Å². The van der Waals surface area contributed by atoms with Gasteiger partial charge in [-0.25, -0.2) is 0 Å². The van der Waals surface area contributed by atoms with E-state index in [1.807, 2.05) is 37.3 Å². The Morgan fingerprint density at radius 2 is 1.82 bits per heavy atom. The van der Waals surface area contributed by atoms with Crippen LogP contribution in [0.5, 0.6) is 17.2 Å². The highest BCUT2D eigenvalue weighted by Gasteiger charge is 2.14. The van der Waals surface area contributed by atoms with E-state index in [0.29, 0.717) is 18.4 Å². The molecule has 0 amide bonds. The fourth-order valence-corrected chi connectivity index (χ4v) is 2.45. The molecule has 0 saturated heterocycles. The smallest absolute Gasteiger partial charge is 0.125 e. The van der Waals surface area contributed by atoms with E-state index in [9.17, 15) is 10.2 Å². The van der Waals surface area contributed by atoms with Gasteiger partial charge in [0.2, 0.25) is 0 Å². The van der Waals surface area contributed by atoms with Crippen molar-refractivity contribution in [1.29, 1.82) is 0 Å². The van der Waals surface area contributed by atoms with Crippen molar-refractivity contribution in [3.05, 3.63) is 53.1 Å². The molecule has 22 heavy (non-hydrogen) atoms. The van der Waals surface area contributed by atoms with Crippen LogP contribution in [-0.2, 0) is 6.42 Å². The van der Waals surface area contributed by atoms with E-state index in [0.717, 1.165) is 22.6 Å². The SMILES string of the molecule is COc1ccc(CCC(O)c2cc(C)ccc2O)c(OC)c1. The summed E-state index contributed by atoms with van der Waals surface area (Å²) in [5, 5.41) is 20.2. The second-order valence-corrected chi connectivity index (χ2v) is 5.29. The molecule has 0 aliphatic carbocycles. The zero-order chi connectivity index (χ0) is 16.1. The molecule has 0 aliphatic rings. The second-order valence-electron chi connectivity index (χ2n) is 5.29. The highest BCUT2D eigenvalue weighted by molar-refractivity contribution is 5.41. The average molecular weight is 302 g/mol. The fourth-order valence-electron chi connectivity index (χ4n) is 2.45.